The summed E-state index contributed by atoms with van der Waals surface area (Å²) in [5, 5.41) is 7.06. The van der Waals surface area contributed by atoms with Gasteiger partial charge in [0.2, 0.25) is 0 Å². The lowest BCUT2D eigenvalue weighted by Gasteiger charge is -2.29. The molecule has 1 heterocycles. The number of rotatable bonds is 7. The minimum atomic E-state index is -3.36. The van der Waals surface area contributed by atoms with Gasteiger partial charge in [0.25, 0.3) is 5.91 Å². The van der Waals surface area contributed by atoms with Crippen molar-refractivity contribution in [3.8, 4) is 11.3 Å². The first-order valence-electron chi connectivity index (χ1n) is 11.7. The highest BCUT2D eigenvalue weighted by Crippen LogP contribution is 2.34. The molecule has 1 amide bonds. The second kappa shape index (κ2) is 10.5. The van der Waals surface area contributed by atoms with Crippen molar-refractivity contribution in [3.63, 3.8) is 0 Å². The van der Waals surface area contributed by atoms with Crippen LogP contribution in [0.2, 0.25) is 5.02 Å². The van der Waals surface area contributed by atoms with Crippen LogP contribution in [-0.4, -0.2) is 31.3 Å². The Bertz CT molecular complexity index is 1320. The number of hydrogen-bond acceptors (Lipinski definition) is 5. The van der Waals surface area contributed by atoms with Gasteiger partial charge in [-0.2, -0.15) is 0 Å². The van der Waals surface area contributed by atoms with Crippen molar-refractivity contribution in [2.24, 2.45) is 5.92 Å². The number of benzene rings is 2. The fraction of sp³-hybridized carbons (Fsp3) is 0.385. The highest BCUT2D eigenvalue weighted by molar-refractivity contribution is 7.91. The third kappa shape index (κ3) is 5.76. The van der Waals surface area contributed by atoms with E-state index >= 15 is 0 Å². The summed E-state index contributed by atoms with van der Waals surface area (Å²) in [5.41, 5.74) is 1.16. The van der Waals surface area contributed by atoms with Crippen LogP contribution in [0.5, 0.6) is 0 Å². The molecule has 0 saturated heterocycles. The van der Waals surface area contributed by atoms with Gasteiger partial charge in [-0.05, 0) is 68.9 Å². The van der Waals surface area contributed by atoms with Gasteiger partial charge in [0.1, 0.15) is 22.8 Å². The molecule has 2 atom stereocenters. The first kappa shape index (κ1) is 25.4. The third-order valence-corrected chi connectivity index (χ3v) is 8.61. The molecule has 1 N–H and O–H groups in total. The predicted molar refractivity (Wildman–Crippen MR) is 133 cm³/mol. The highest BCUT2D eigenvalue weighted by Gasteiger charge is 2.29. The Balaban J connectivity index is 1.43. The molecule has 0 bridgehead atoms. The van der Waals surface area contributed by atoms with Crippen molar-refractivity contribution in [1.82, 2.24) is 10.5 Å². The van der Waals surface area contributed by atoms with Crippen molar-refractivity contribution >= 4 is 27.3 Å². The lowest BCUT2D eigenvalue weighted by molar-refractivity contribution is 0.0918. The number of aromatic nitrogens is 1. The van der Waals surface area contributed by atoms with Gasteiger partial charge in [-0.25, -0.2) is 12.8 Å². The molecule has 1 fully saturated rings. The maximum Gasteiger partial charge on any atom is 0.257 e. The predicted octanol–water partition coefficient (Wildman–Crippen LogP) is 5.90. The molecule has 9 heteroatoms. The molecule has 4 rings (SSSR count). The molecule has 0 unspecified atom stereocenters. The van der Waals surface area contributed by atoms with Crippen LogP contribution < -0.4 is 5.32 Å². The van der Waals surface area contributed by atoms with Crippen molar-refractivity contribution in [2.45, 2.75) is 56.9 Å². The second-order valence-corrected chi connectivity index (χ2v) is 11.7. The average Bonchev–Trinajstić information content (AvgIpc) is 3.19. The summed E-state index contributed by atoms with van der Waals surface area (Å²) in [5.74, 6) is -0.475. The summed E-state index contributed by atoms with van der Waals surface area (Å²) >= 11 is 6.18. The molecule has 1 aliphatic rings. The first-order chi connectivity index (χ1) is 16.7. The maximum atomic E-state index is 14.5. The minimum absolute atomic E-state index is 0.0269. The molecule has 1 saturated carbocycles. The maximum absolute atomic E-state index is 14.5. The van der Waals surface area contributed by atoms with Crippen LogP contribution in [0.1, 0.15) is 53.8 Å². The Morgan fingerprint density at radius 3 is 2.71 bits per heavy atom. The fourth-order valence-corrected chi connectivity index (χ4v) is 6.51. The summed E-state index contributed by atoms with van der Waals surface area (Å²) in [7, 11) is -3.36. The number of nitrogens with zero attached hydrogens (tertiary/aromatic N) is 1. The number of carbonyl (C=O) groups excluding carboxylic acids is 1. The number of amides is 1. The molecule has 2 aromatic carbocycles. The van der Waals surface area contributed by atoms with E-state index in [2.05, 4.69) is 10.5 Å². The molecule has 186 valence electrons. The molecule has 0 radical (unpaired) electrons. The topological polar surface area (TPSA) is 89.3 Å². The zero-order chi connectivity index (χ0) is 25.2. The van der Waals surface area contributed by atoms with Gasteiger partial charge in [0.15, 0.2) is 9.84 Å². The molecule has 3 aromatic rings. The highest BCUT2D eigenvalue weighted by atomic mass is 35.5. The summed E-state index contributed by atoms with van der Waals surface area (Å²) in [6.07, 6.45) is 3.79. The van der Waals surface area contributed by atoms with E-state index in [4.69, 9.17) is 16.1 Å². The van der Waals surface area contributed by atoms with Gasteiger partial charge in [-0.1, -0.05) is 47.8 Å². The van der Waals surface area contributed by atoms with Crippen LogP contribution in [0.4, 0.5) is 4.39 Å². The Labute approximate surface area is 209 Å². The van der Waals surface area contributed by atoms with Crippen molar-refractivity contribution in [1.29, 1.82) is 0 Å². The zero-order valence-electron chi connectivity index (χ0n) is 19.7. The molecule has 1 aromatic heterocycles. The SMILES string of the molecule is Cc1cccc(S(=O)(=O)CC[C@@H]2CCC[C@H](NC(=O)c3c(-c4c(F)cccc4Cl)noc3C)C2)c1. The Kier molecular flexibility index (Phi) is 7.62. The Hall–Kier alpha value is -2.71. The fourth-order valence-electron chi connectivity index (χ4n) is 4.72. The quantitative estimate of drug-likeness (QED) is 0.420. The number of sulfone groups is 1. The van der Waals surface area contributed by atoms with Crippen molar-refractivity contribution < 1.29 is 22.1 Å². The first-order valence-corrected chi connectivity index (χ1v) is 13.7. The van der Waals surface area contributed by atoms with E-state index in [1.54, 1.807) is 25.1 Å². The molecule has 35 heavy (non-hydrogen) atoms. The monoisotopic (exact) mass is 518 g/mol. The molecular weight excluding hydrogens is 491 g/mol. The normalized spacial score (nSPS) is 18.4. The van der Waals surface area contributed by atoms with E-state index in [9.17, 15) is 17.6 Å². The van der Waals surface area contributed by atoms with Crippen molar-refractivity contribution in [3.05, 3.63) is 70.2 Å². The lowest BCUT2D eigenvalue weighted by Crippen LogP contribution is -2.39. The minimum Gasteiger partial charge on any atom is -0.360 e. The van der Waals surface area contributed by atoms with E-state index in [0.29, 0.717) is 17.7 Å². The van der Waals surface area contributed by atoms with Crippen LogP contribution in [-0.2, 0) is 9.84 Å². The van der Waals surface area contributed by atoms with Crippen LogP contribution in [0.15, 0.2) is 51.9 Å². The van der Waals surface area contributed by atoms with Crippen LogP contribution in [0.25, 0.3) is 11.3 Å². The number of hydrogen-bond donors (Lipinski definition) is 1. The smallest absolute Gasteiger partial charge is 0.257 e. The molecule has 6 nitrogen and oxygen atoms in total. The van der Waals surface area contributed by atoms with Crippen LogP contribution in [0, 0.1) is 25.6 Å². The standard InChI is InChI=1S/C26H28ClFN2O4S/c1-16-6-3-9-20(14-16)35(32,33)13-12-18-7-4-8-19(15-18)29-26(31)23-17(2)34-30-25(23)24-21(27)10-5-11-22(24)28/h3,5-6,9-11,14,18-19H,4,7-8,12-13,15H2,1-2H3,(H,29,31)/t18-,19-/m0/s1. The Morgan fingerprint density at radius 2 is 1.97 bits per heavy atom. The molecule has 1 aliphatic carbocycles. The summed E-state index contributed by atoms with van der Waals surface area (Å²) in [6.45, 7) is 3.47. The average molecular weight is 519 g/mol. The van der Waals surface area contributed by atoms with Crippen LogP contribution >= 0.6 is 11.6 Å². The van der Waals surface area contributed by atoms with Gasteiger partial charge in [-0.3, -0.25) is 4.79 Å². The number of nitrogens with one attached hydrogen (secondary N) is 1. The van der Waals surface area contributed by atoms with Gasteiger partial charge in [0.05, 0.1) is 21.2 Å². The zero-order valence-corrected chi connectivity index (χ0v) is 21.3. The summed E-state index contributed by atoms with van der Waals surface area (Å²) < 4.78 is 45.2. The van der Waals surface area contributed by atoms with E-state index in [1.807, 2.05) is 13.0 Å². The van der Waals surface area contributed by atoms with E-state index in [0.717, 1.165) is 24.8 Å². The summed E-state index contributed by atoms with van der Waals surface area (Å²) in [4.78, 5) is 13.5. The number of halogens is 2. The van der Waals surface area contributed by atoms with Crippen LogP contribution in [0.3, 0.4) is 0 Å². The lowest BCUT2D eigenvalue weighted by atomic mass is 9.84. The van der Waals surface area contributed by atoms with Gasteiger partial charge in [-0.15, -0.1) is 0 Å². The third-order valence-electron chi connectivity index (χ3n) is 6.55. The summed E-state index contributed by atoms with van der Waals surface area (Å²) in [6, 6.07) is 11.1. The van der Waals surface area contributed by atoms with Crippen molar-refractivity contribution in [2.75, 3.05) is 5.75 Å². The van der Waals surface area contributed by atoms with E-state index < -0.39 is 21.6 Å². The molecular formula is C26H28ClFN2O4S. The molecule has 0 spiro atoms. The number of aryl methyl sites for hydroxylation is 2. The number of carbonyl (C=O) groups is 1. The molecule has 0 aliphatic heterocycles. The van der Waals surface area contributed by atoms with E-state index in [-0.39, 0.29) is 45.3 Å². The second-order valence-electron chi connectivity index (χ2n) is 9.19. The van der Waals surface area contributed by atoms with Gasteiger partial charge >= 0.3 is 0 Å². The Morgan fingerprint density at radius 1 is 1.20 bits per heavy atom. The van der Waals surface area contributed by atoms with Gasteiger partial charge < -0.3 is 9.84 Å². The largest absolute Gasteiger partial charge is 0.360 e. The van der Waals surface area contributed by atoms with E-state index in [1.165, 1.54) is 18.2 Å². The van der Waals surface area contributed by atoms with Gasteiger partial charge in [0, 0.05) is 6.04 Å².